The van der Waals surface area contributed by atoms with Crippen molar-refractivity contribution in [3.8, 4) is 0 Å². The van der Waals surface area contributed by atoms with Crippen LogP contribution in [0.25, 0.3) is 0 Å². The van der Waals surface area contributed by atoms with Crippen molar-refractivity contribution in [3.05, 3.63) is 46.4 Å². The predicted octanol–water partition coefficient (Wildman–Crippen LogP) is 3.63. The van der Waals surface area contributed by atoms with E-state index in [1.54, 1.807) is 11.3 Å². The molecule has 0 radical (unpaired) electrons. The fourth-order valence-electron chi connectivity index (χ4n) is 2.74. The molecule has 0 unspecified atom stereocenters. The molecule has 5 heteroatoms. The fraction of sp³-hybridized carbons (Fsp3) is 0.438. The summed E-state index contributed by atoms with van der Waals surface area (Å²) in [7, 11) is 0. The number of nitrogens with one attached hydrogen (secondary N) is 1. The molecule has 0 aromatic carbocycles. The zero-order chi connectivity index (χ0) is 15.0. The van der Waals surface area contributed by atoms with Gasteiger partial charge in [0.15, 0.2) is 5.11 Å². The van der Waals surface area contributed by atoms with Gasteiger partial charge in [0.1, 0.15) is 6.04 Å². The van der Waals surface area contributed by atoms with Gasteiger partial charge in [-0.2, -0.15) is 0 Å². The minimum Gasteiger partial charge on any atom is -0.358 e. The summed E-state index contributed by atoms with van der Waals surface area (Å²) in [6, 6.07) is 8.86. The average Bonchev–Trinajstić information content (AvgIpc) is 3.06. The minimum absolute atomic E-state index is 0.0173. The maximum absolute atomic E-state index is 5.69. The predicted molar refractivity (Wildman–Crippen MR) is 92.8 cm³/mol. The summed E-state index contributed by atoms with van der Waals surface area (Å²) >= 11 is 7.48. The molecule has 3 heterocycles. The molecule has 0 fully saturated rings. The molecule has 0 amide bonds. The van der Waals surface area contributed by atoms with Crippen LogP contribution in [0, 0.1) is 0 Å². The summed E-state index contributed by atoms with van der Waals surface area (Å²) in [6.07, 6.45) is 2.16. The van der Waals surface area contributed by atoms with Gasteiger partial charge in [-0.3, -0.25) is 0 Å². The zero-order valence-electron chi connectivity index (χ0n) is 12.7. The Morgan fingerprint density at radius 1 is 1.29 bits per heavy atom. The van der Waals surface area contributed by atoms with Crippen molar-refractivity contribution < 1.29 is 0 Å². The van der Waals surface area contributed by atoms with Crippen molar-refractivity contribution in [2.75, 3.05) is 6.54 Å². The Balaban J connectivity index is 1.95. The van der Waals surface area contributed by atoms with Crippen molar-refractivity contribution in [2.45, 2.75) is 38.9 Å². The van der Waals surface area contributed by atoms with Gasteiger partial charge >= 0.3 is 0 Å². The van der Waals surface area contributed by atoms with E-state index < -0.39 is 0 Å². The van der Waals surface area contributed by atoms with E-state index in [-0.39, 0.29) is 11.6 Å². The van der Waals surface area contributed by atoms with E-state index in [0.29, 0.717) is 0 Å². The lowest BCUT2D eigenvalue weighted by Gasteiger charge is -2.40. The molecule has 0 spiro atoms. The van der Waals surface area contributed by atoms with Crippen molar-refractivity contribution >= 4 is 28.7 Å². The van der Waals surface area contributed by atoms with E-state index in [4.69, 9.17) is 12.2 Å². The van der Waals surface area contributed by atoms with Gasteiger partial charge in [-0.25, -0.2) is 0 Å². The molecule has 1 aliphatic rings. The first-order chi connectivity index (χ1) is 9.96. The highest BCUT2D eigenvalue weighted by Gasteiger charge is 2.32. The van der Waals surface area contributed by atoms with Gasteiger partial charge in [-0.05, 0) is 56.6 Å². The first kappa shape index (κ1) is 14.6. The Hall–Kier alpha value is -1.33. The number of thiocarbonyl (C=S) groups is 1. The largest absolute Gasteiger partial charge is 0.358 e. The molecule has 0 saturated heterocycles. The fourth-order valence-corrected chi connectivity index (χ4v) is 4.09. The van der Waals surface area contributed by atoms with Gasteiger partial charge in [0.05, 0.1) is 0 Å². The highest BCUT2D eigenvalue weighted by molar-refractivity contribution is 7.80. The molecule has 2 aromatic heterocycles. The SMILES string of the molecule is CC(C)(C)NC(=S)N1CCn2cccc2[C@H]1c1cccs1. The number of hydrogen-bond acceptors (Lipinski definition) is 2. The smallest absolute Gasteiger partial charge is 0.170 e. The molecule has 0 aliphatic carbocycles. The molecule has 1 aliphatic heterocycles. The molecule has 1 atom stereocenters. The van der Waals surface area contributed by atoms with Crippen molar-refractivity contribution in [2.24, 2.45) is 0 Å². The van der Waals surface area contributed by atoms with Crippen LogP contribution in [0.2, 0.25) is 0 Å². The molecule has 21 heavy (non-hydrogen) atoms. The van der Waals surface area contributed by atoms with Crippen LogP contribution in [0.1, 0.15) is 37.4 Å². The highest BCUT2D eigenvalue weighted by Crippen LogP contribution is 2.35. The van der Waals surface area contributed by atoms with Gasteiger partial charge in [0, 0.05) is 35.4 Å². The van der Waals surface area contributed by atoms with Crippen molar-refractivity contribution in [3.63, 3.8) is 0 Å². The summed E-state index contributed by atoms with van der Waals surface area (Å²) in [5.41, 5.74) is 1.30. The van der Waals surface area contributed by atoms with E-state index in [0.717, 1.165) is 18.2 Å². The molecule has 112 valence electrons. The van der Waals surface area contributed by atoms with Crippen LogP contribution < -0.4 is 5.32 Å². The second-order valence-corrected chi connectivity index (χ2v) is 7.78. The van der Waals surface area contributed by atoms with Crippen molar-refractivity contribution in [1.29, 1.82) is 0 Å². The van der Waals surface area contributed by atoms with Gasteiger partial charge < -0.3 is 14.8 Å². The Morgan fingerprint density at radius 2 is 2.10 bits per heavy atom. The molecule has 1 N–H and O–H groups in total. The third-order valence-electron chi connectivity index (χ3n) is 3.59. The summed E-state index contributed by atoms with van der Waals surface area (Å²) in [6.45, 7) is 8.35. The normalized spacial score (nSPS) is 18.4. The van der Waals surface area contributed by atoms with E-state index in [1.165, 1.54) is 10.6 Å². The molecular weight excluding hydrogens is 298 g/mol. The van der Waals surface area contributed by atoms with Crippen LogP contribution in [-0.2, 0) is 6.54 Å². The molecule has 3 rings (SSSR count). The lowest BCUT2D eigenvalue weighted by molar-refractivity contribution is 0.281. The lowest BCUT2D eigenvalue weighted by Crippen LogP contribution is -2.52. The standard InChI is InChI=1S/C16H21N3S2/c1-16(2,3)17-15(20)19-10-9-18-8-4-6-12(18)14(19)13-7-5-11-21-13/h4-8,11,14H,9-10H2,1-3H3,(H,17,20)/t14-/m0/s1. The summed E-state index contributed by atoms with van der Waals surface area (Å²) in [4.78, 5) is 3.66. The summed E-state index contributed by atoms with van der Waals surface area (Å²) in [5.74, 6) is 0. The third kappa shape index (κ3) is 2.99. The number of rotatable bonds is 1. The highest BCUT2D eigenvalue weighted by atomic mass is 32.1. The van der Waals surface area contributed by atoms with Gasteiger partial charge in [-0.15, -0.1) is 11.3 Å². The second kappa shape index (κ2) is 5.46. The monoisotopic (exact) mass is 319 g/mol. The number of hydrogen-bond donors (Lipinski definition) is 1. The van der Waals surface area contributed by atoms with Gasteiger partial charge in [-0.1, -0.05) is 6.07 Å². The maximum atomic E-state index is 5.69. The average molecular weight is 319 g/mol. The van der Waals surface area contributed by atoms with E-state index in [2.05, 4.69) is 71.4 Å². The molecule has 3 nitrogen and oxygen atoms in total. The topological polar surface area (TPSA) is 20.2 Å². The number of nitrogens with zero attached hydrogens (tertiary/aromatic N) is 2. The Kier molecular flexibility index (Phi) is 3.80. The number of thiophene rings is 1. The maximum Gasteiger partial charge on any atom is 0.170 e. The van der Waals surface area contributed by atoms with Crippen LogP contribution in [-0.4, -0.2) is 26.7 Å². The molecule has 0 bridgehead atoms. The number of aromatic nitrogens is 1. The Bertz CT molecular complexity index is 622. The van der Waals surface area contributed by atoms with Crippen LogP contribution in [0.3, 0.4) is 0 Å². The van der Waals surface area contributed by atoms with Crippen LogP contribution in [0.4, 0.5) is 0 Å². The Labute approximate surface area is 135 Å². The van der Waals surface area contributed by atoms with Gasteiger partial charge in [0.25, 0.3) is 0 Å². The minimum atomic E-state index is -0.0173. The quantitative estimate of drug-likeness (QED) is 0.811. The third-order valence-corrected chi connectivity index (χ3v) is 4.86. The first-order valence-corrected chi connectivity index (χ1v) is 8.52. The summed E-state index contributed by atoms with van der Waals surface area (Å²) < 4.78 is 2.33. The summed E-state index contributed by atoms with van der Waals surface area (Å²) in [5, 5.41) is 6.43. The molecule has 0 saturated carbocycles. The first-order valence-electron chi connectivity index (χ1n) is 7.23. The second-order valence-electron chi connectivity index (χ2n) is 6.42. The molecular formula is C16H21N3S2. The number of fused-ring (bicyclic) bond motifs is 1. The van der Waals surface area contributed by atoms with Gasteiger partial charge in [0.2, 0.25) is 0 Å². The van der Waals surface area contributed by atoms with E-state index in [1.807, 2.05) is 0 Å². The van der Waals surface area contributed by atoms with Crippen LogP contribution in [0.5, 0.6) is 0 Å². The van der Waals surface area contributed by atoms with Crippen LogP contribution in [0.15, 0.2) is 35.8 Å². The molecule has 2 aromatic rings. The van der Waals surface area contributed by atoms with Crippen molar-refractivity contribution in [1.82, 2.24) is 14.8 Å². The van der Waals surface area contributed by atoms with E-state index in [9.17, 15) is 0 Å². The Morgan fingerprint density at radius 3 is 2.76 bits per heavy atom. The van der Waals surface area contributed by atoms with E-state index >= 15 is 0 Å². The van der Waals surface area contributed by atoms with Crippen LogP contribution >= 0.6 is 23.6 Å². The lowest BCUT2D eigenvalue weighted by atomic mass is 10.1. The zero-order valence-corrected chi connectivity index (χ0v) is 14.3.